The topological polar surface area (TPSA) is 51.2 Å². The molecule has 31 heavy (non-hydrogen) atoms. The van der Waals surface area contributed by atoms with Gasteiger partial charge in [0.1, 0.15) is 5.69 Å². The van der Waals surface area contributed by atoms with Gasteiger partial charge in [-0.15, -0.1) is 0 Å². The van der Waals surface area contributed by atoms with Crippen LogP contribution in [0, 0.1) is 0 Å². The van der Waals surface area contributed by atoms with Crippen molar-refractivity contribution in [1.29, 1.82) is 0 Å². The number of hydrogen-bond donors (Lipinski definition) is 1. The number of Topliss-reactive ketones (excluding diaryl/α,β-unsaturated/α-hetero) is 1. The second kappa shape index (κ2) is 10.0. The number of aromatic nitrogens is 1. The van der Waals surface area contributed by atoms with E-state index < -0.39 is 0 Å². The molecule has 0 fully saturated rings. The molecule has 0 aliphatic heterocycles. The molecule has 158 valence electrons. The zero-order valence-electron chi connectivity index (χ0n) is 18.5. The van der Waals surface area contributed by atoms with Crippen LogP contribution < -0.4 is 10.1 Å². The first-order chi connectivity index (χ1) is 15.0. The van der Waals surface area contributed by atoms with Crippen LogP contribution in [-0.4, -0.2) is 24.9 Å². The molecule has 0 saturated heterocycles. The summed E-state index contributed by atoms with van der Waals surface area (Å²) in [5.41, 5.74) is 6.91. The molecule has 2 aromatic carbocycles. The molecule has 3 rings (SSSR count). The normalized spacial score (nSPS) is 11.0. The molecular weight excluding hydrogens is 384 g/mol. The highest BCUT2D eigenvalue weighted by atomic mass is 16.5. The van der Waals surface area contributed by atoms with Crippen LogP contribution in [0.15, 0.2) is 61.2 Å². The summed E-state index contributed by atoms with van der Waals surface area (Å²) in [4.78, 5) is 17.3. The van der Waals surface area contributed by atoms with Crippen LogP contribution in [0.5, 0.6) is 5.75 Å². The smallest absolute Gasteiger partial charge is 0.164 e. The first-order valence-electron chi connectivity index (χ1n) is 10.3. The third kappa shape index (κ3) is 4.65. The van der Waals surface area contributed by atoms with Crippen molar-refractivity contribution >= 4 is 17.9 Å². The lowest BCUT2D eigenvalue weighted by Gasteiger charge is -2.17. The lowest BCUT2D eigenvalue weighted by atomic mass is 9.96. The van der Waals surface area contributed by atoms with Crippen molar-refractivity contribution in [3.63, 3.8) is 0 Å². The monoisotopic (exact) mass is 412 g/mol. The maximum atomic E-state index is 12.5. The lowest BCUT2D eigenvalue weighted by Crippen LogP contribution is -2.07. The average Bonchev–Trinajstić information content (AvgIpc) is 2.79. The summed E-state index contributed by atoms with van der Waals surface area (Å²) in [5, 5.41) is 3.16. The highest BCUT2D eigenvalue weighted by Gasteiger charge is 2.22. The van der Waals surface area contributed by atoms with Gasteiger partial charge in [0, 0.05) is 17.7 Å². The van der Waals surface area contributed by atoms with Gasteiger partial charge in [-0.3, -0.25) is 4.79 Å². The van der Waals surface area contributed by atoms with Crippen LogP contribution in [0.3, 0.4) is 0 Å². The molecule has 0 saturated carbocycles. The van der Waals surface area contributed by atoms with Gasteiger partial charge in [-0.1, -0.05) is 67.3 Å². The fraction of sp³-hybridized carbons (Fsp3) is 0.185. The Kier molecular flexibility index (Phi) is 7.16. The Labute approximate surface area is 184 Å². The molecule has 0 unspecified atom stereocenters. The van der Waals surface area contributed by atoms with Crippen LogP contribution >= 0.6 is 0 Å². The highest BCUT2D eigenvalue weighted by molar-refractivity contribution is 6.03. The van der Waals surface area contributed by atoms with E-state index in [1.165, 1.54) is 12.5 Å². The number of benzene rings is 2. The minimum Gasteiger partial charge on any atom is -0.494 e. The van der Waals surface area contributed by atoms with Gasteiger partial charge in [0.2, 0.25) is 0 Å². The molecule has 0 bridgehead atoms. The molecule has 0 aliphatic carbocycles. The molecule has 0 atom stereocenters. The number of ether oxygens (including phenoxy) is 1. The Morgan fingerprint density at radius 3 is 2.13 bits per heavy atom. The van der Waals surface area contributed by atoms with E-state index in [0.29, 0.717) is 28.3 Å². The summed E-state index contributed by atoms with van der Waals surface area (Å²) in [6.07, 6.45) is 5.44. The van der Waals surface area contributed by atoms with E-state index in [1.54, 1.807) is 13.2 Å². The van der Waals surface area contributed by atoms with Gasteiger partial charge in [-0.25, -0.2) is 4.98 Å². The van der Waals surface area contributed by atoms with Gasteiger partial charge < -0.3 is 10.1 Å². The van der Waals surface area contributed by atoms with Crippen molar-refractivity contribution in [3.8, 4) is 28.1 Å². The average molecular weight is 413 g/mol. The molecule has 1 N–H and O–H groups in total. The number of pyridine rings is 1. The molecule has 0 amide bonds. The van der Waals surface area contributed by atoms with Gasteiger partial charge in [0.15, 0.2) is 11.5 Å². The molecular formula is C27H28N2O2. The zero-order chi connectivity index (χ0) is 22.4. The van der Waals surface area contributed by atoms with Gasteiger partial charge in [-0.05, 0) is 43.7 Å². The summed E-state index contributed by atoms with van der Waals surface area (Å²) < 4.78 is 5.66. The second-order valence-electron chi connectivity index (χ2n) is 7.23. The number of rotatable bonds is 8. The molecule has 0 spiro atoms. The van der Waals surface area contributed by atoms with E-state index in [4.69, 9.17) is 9.72 Å². The number of nitrogens with one attached hydrogen (secondary N) is 1. The maximum absolute atomic E-state index is 12.5. The number of carbonyl (C=O) groups excluding carboxylic acids is 1. The number of methoxy groups -OCH3 is 1. The van der Waals surface area contributed by atoms with E-state index in [0.717, 1.165) is 23.2 Å². The number of nitrogens with zero attached hydrogens (tertiary/aromatic N) is 1. The van der Waals surface area contributed by atoms with Gasteiger partial charge >= 0.3 is 0 Å². The van der Waals surface area contributed by atoms with Crippen LogP contribution in [0.1, 0.15) is 41.0 Å². The minimum atomic E-state index is -0.0839. The fourth-order valence-electron chi connectivity index (χ4n) is 3.68. The van der Waals surface area contributed by atoms with Gasteiger partial charge in [-0.2, -0.15) is 0 Å². The van der Waals surface area contributed by atoms with Crippen molar-refractivity contribution in [2.24, 2.45) is 0 Å². The summed E-state index contributed by atoms with van der Waals surface area (Å²) in [6.45, 7) is 8.17. The molecule has 1 heterocycles. The van der Waals surface area contributed by atoms with Crippen molar-refractivity contribution < 1.29 is 9.53 Å². The van der Waals surface area contributed by atoms with Crippen molar-refractivity contribution in [2.75, 3.05) is 14.2 Å². The number of allylic oxidation sites excluding steroid dienone is 1. The molecule has 4 nitrogen and oxygen atoms in total. The van der Waals surface area contributed by atoms with Crippen LogP contribution in [-0.2, 0) is 6.54 Å². The van der Waals surface area contributed by atoms with Gasteiger partial charge in [0.05, 0.1) is 18.4 Å². The van der Waals surface area contributed by atoms with Crippen molar-refractivity contribution in [2.45, 2.75) is 20.4 Å². The largest absolute Gasteiger partial charge is 0.494 e. The molecule has 0 aliphatic rings. The predicted octanol–water partition coefficient (Wildman–Crippen LogP) is 6.02. The zero-order valence-corrected chi connectivity index (χ0v) is 18.5. The number of ketones is 1. The first kappa shape index (κ1) is 22.2. The summed E-state index contributed by atoms with van der Waals surface area (Å²) >= 11 is 0. The Morgan fingerprint density at radius 2 is 1.65 bits per heavy atom. The number of carbonyl (C=O) groups is 1. The van der Waals surface area contributed by atoms with Gasteiger partial charge in [0.25, 0.3) is 0 Å². The van der Waals surface area contributed by atoms with Crippen molar-refractivity contribution in [3.05, 3.63) is 83.6 Å². The quantitative estimate of drug-likeness (QED) is 0.460. The Morgan fingerprint density at radius 1 is 1.06 bits per heavy atom. The third-order valence-corrected chi connectivity index (χ3v) is 5.13. The minimum absolute atomic E-state index is 0.0839. The standard InChI is InChI=1S/C27H28N2O2/c1-6-8-24-23(7-2)25(18(3)30)27(31-5)26(29-24)22-15-13-21(14-16-22)20-11-9-19(10-12-20)17-28-4/h6-16,28H,2,17H2,1,3-5H3/b8-6-. The van der Waals surface area contributed by atoms with E-state index in [9.17, 15) is 4.79 Å². The van der Waals surface area contributed by atoms with Crippen LogP contribution in [0.4, 0.5) is 0 Å². The van der Waals surface area contributed by atoms with Crippen molar-refractivity contribution in [1.82, 2.24) is 10.3 Å². The fourth-order valence-corrected chi connectivity index (χ4v) is 3.68. The molecule has 4 heteroatoms. The summed E-state index contributed by atoms with van der Waals surface area (Å²) in [7, 11) is 3.51. The Hall–Kier alpha value is -3.50. The van der Waals surface area contributed by atoms with E-state index in [-0.39, 0.29) is 5.78 Å². The summed E-state index contributed by atoms with van der Waals surface area (Å²) in [6, 6.07) is 16.6. The first-order valence-corrected chi connectivity index (χ1v) is 10.3. The summed E-state index contributed by atoms with van der Waals surface area (Å²) in [5.74, 6) is 0.388. The Balaban J connectivity index is 2.09. The van der Waals surface area contributed by atoms with E-state index in [1.807, 2.05) is 38.3 Å². The Bertz CT molecular complexity index is 1110. The SMILES string of the molecule is C=Cc1c(/C=C\C)nc(-c2ccc(-c3ccc(CNC)cc3)cc2)c(OC)c1C(C)=O. The number of hydrogen-bond acceptors (Lipinski definition) is 4. The second-order valence-corrected chi connectivity index (χ2v) is 7.23. The third-order valence-electron chi connectivity index (χ3n) is 5.13. The molecule has 0 radical (unpaired) electrons. The van der Waals surface area contributed by atoms with E-state index >= 15 is 0 Å². The predicted molar refractivity (Wildman–Crippen MR) is 129 cm³/mol. The van der Waals surface area contributed by atoms with Crippen LogP contribution in [0.2, 0.25) is 0 Å². The molecule has 3 aromatic rings. The maximum Gasteiger partial charge on any atom is 0.164 e. The van der Waals surface area contributed by atoms with E-state index in [2.05, 4.69) is 48.3 Å². The molecule has 1 aromatic heterocycles. The van der Waals surface area contributed by atoms with Crippen LogP contribution in [0.25, 0.3) is 34.5 Å². The lowest BCUT2D eigenvalue weighted by molar-refractivity contribution is 0.101. The highest BCUT2D eigenvalue weighted by Crippen LogP contribution is 2.37.